The molecule has 5 aliphatic rings. The third-order valence-corrected chi connectivity index (χ3v) is 13.7. The summed E-state index contributed by atoms with van der Waals surface area (Å²) in [7, 11) is 0. The van der Waals surface area contributed by atoms with E-state index in [1.54, 1.807) is 5.57 Å². The van der Waals surface area contributed by atoms with Gasteiger partial charge in [-0.3, -0.25) is 0 Å². The molecule has 0 aromatic heterocycles. The topological polar surface area (TPSA) is 57.2 Å². The van der Waals surface area contributed by atoms with Crippen molar-refractivity contribution in [2.45, 2.75) is 119 Å². The number of benzene rings is 1. The summed E-state index contributed by atoms with van der Waals surface area (Å²) in [6, 6.07) is 10.7. The molecular formula is C34H50O5S. The monoisotopic (exact) mass is 570 g/mol. The lowest BCUT2D eigenvalue weighted by molar-refractivity contribution is -0.266. The van der Waals surface area contributed by atoms with Gasteiger partial charge >= 0.3 is 0 Å². The van der Waals surface area contributed by atoms with Gasteiger partial charge in [-0.05, 0) is 107 Å². The van der Waals surface area contributed by atoms with Gasteiger partial charge in [-0.15, -0.1) is 11.8 Å². The molecule has 1 unspecified atom stereocenters. The minimum Gasteiger partial charge on any atom is -0.388 e. The molecule has 0 radical (unpaired) electrons. The van der Waals surface area contributed by atoms with Crippen LogP contribution in [0.4, 0.5) is 0 Å². The van der Waals surface area contributed by atoms with Gasteiger partial charge in [-0.2, -0.15) is 0 Å². The SMILES string of the molecule is CCOCO[C@H]1CC[C@@]2(C)C(=CC[C@@H]3[C@@H]2CC[C@]2(C)C(O)(C4(Sc5ccccc5)CC4)CC[C@]32OCOCC)C1. The molecule has 6 heteroatoms. The minimum absolute atomic E-state index is 0.137. The van der Waals surface area contributed by atoms with Gasteiger partial charge in [0, 0.05) is 23.5 Å². The maximum absolute atomic E-state index is 13.0. The highest BCUT2D eigenvalue weighted by Crippen LogP contribution is 2.76. The number of allylic oxidation sites excluding steroid dienone is 1. The van der Waals surface area contributed by atoms with Crippen LogP contribution >= 0.6 is 11.8 Å². The van der Waals surface area contributed by atoms with Crippen LogP contribution in [0.25, 0.3) is 0 Å². The summed E-state index contributed by atoms with van der Waals surface area (Å²) in [4.78, 5) is 1.26. The van der Waals surface area contributed by atoms with Crippen LogP contribution in [0.1, 0.15) is 91.9 Å². The Balaban J connectivity index is 1.31. The zero-order valence-electron chi connectivity index (χ0n) is 25.1. The van der Waals surface area contributed by atoms with E-state index in [1.807, 2.05) is 25.6 Å². The standard InChI is InChI=1S/C34H50O5S/c1-5-36-23-38-26-14-16-30(3)25(22-26)12-13-29-28(30)15-17-31(4)33(29,39-24-37-6-2)20-21-34(31,35)32(18-19-32)40-27-10-8-7-9-11-27/h7-12,26,28-29,35H,5-6,13-24H2,1-4H3/t26-,28-,29+,30-,31-,33-,34?/m0/s1. The number of ether oxygens (including phenoxy) is 4. The molecular weight excluding hydrogens is 520 g/mol. The Bertz CT molecular complexity index is 1070. The smallest absolute Gasteiger partial charge is 0.147 e. The zero-order chi connectivity index (χ0) is 28.1. The maximum atomic E-state index is 13.0. The lowest BCUT2D eigenvalue weighted by Gasteiger charge is -2.64. The first-order valence-corrected chi connectivity index (χ1v) is 16.7. The fourth-order valence-electron chi connectivity index (χ4n) is 9.68. The normalized spacial score (nSPS) is 41.5. The first-order valence-electron chi connectivity index (χ1n) is 15.8. The van der Waals surface area contributed by atoms with Gasteiger partial charge in [0.15, 0.2) is 0 Å². The summed E-state index contributed by atoms with van der Waals surface area (Å²) in [5, 5.41) is 13.0. The Morgan fingerprint density at radius 2 is 1.62 bits per heavy atom. The molecule has 0 heterocycles. The fraction of sp³-hybridized carbons (Fsp3) is 0.765. The average Bonchev–Trinajstić information content (AvgIpc) is 3.70. The molecule has 5 nitrogen and oxygen atoms in total. The van der Waals surface area contributed by atoms with Crippen LogP contribution in [-0.4, -0.2) is 54.0 Å². The predicted octanol–water partition coefficient (Wildman–Crippen LogP) is 7.52. The van der Waals surface area contributed by atoms with E-state index < -0.39 is 5.60 Å². The quantitative estimate of drug-likeness (QED) is 0.169. The molecule has 0 bridgehead atoms. The first-order chi connectivity index (χ1) is 19.3. The summed E-state index contributed by atoms with van der Waals surface area (Å²) >= 11 is 1.92. The molecule has 7 atom stereocenters. The highest BCUT2D eigenvalue weighted by molar-refractivity contribution is 8.01. The van der Waals surface area contributed by atoms with E-state index in [-0.39, 0.29) is 27.3 Å². The summed E-state index contributed by atoms with van der Waals surface area (Å²) in [6.07, 6.45) is 13.0. The second kappa shape index (κ2) is 11.0. The average molecular weight is 571 g/mol. The maximum Gasteiger partial charge on any atom is 0.147 e. The van der Waals surface area contributed by atoms with Crippen molar-refractivity contribution in [1.29, 1.82) is 0 Å². The van der Waals surface area contributed by atoms with Crippen molar-refractivity contribution >= 4 is 11.8 Å². The molecule has 40 heavy (non-hydrogen) atoms. The second-order valence-corrected chi connectivity index (χ2v) is 15.0. The molecule has 4 fully saturated rings. The Morgan fingerprint density at radius 1 is 0.875 bits per heavy atom. The molecule has 0 saturated heterocycles. The molecule has 4 saturated carbocycles. The Morgan fingerprint density at radius 3 is 2.35 bits per heavy atom. The molecule has 0 aliphatic heterocycles. The van der Waals surface area contributed by atoms with E-state index in [1.165, 1.54) is 4.90 Å². The predicted molar refractivity (Wildman–Crippen MR) is 159 cm³/mol. The van der Waals surface area contributed by atoms with E-state index in [0.29, 0.717) is 38.6 Å². The lowest BCUT2D eigenvalue weighted by Crippen LogP contribution is -2.67. The number of rotatable bonds is 11. The van der Waals surface area contributed by atoms with Crippen LogP contribution < -0.4 is 0 Å². The second-order valence-electron chi connectivity index (χ2n) is 13.5. The van der Waals surface area contributed by atoms with Gasteiger partial charge in [0.1, 0.15) is 13.6 Å². The molecule has 6 rings (SSSR count). The van der Waals surface area contributed by atoms with Crippen molar-refractivity contribution in [3.05, 3.63) is 42.0 Å². The molecule has 5 aliphatic carbocycles. The van der Waals surface area contributed by atoms with Crippen molar-refractivity contribution in [2.75, 3.05) is 26.8 Å². The third-order valence-electron chi connectivity index (χ3n) is 12.1. The van der Waals surface area contributed by atoms with Gasteiger partial charge in [0.2, 0.25) is 0 Å². The van der Waals surface area contributed by atoms with Crippen LogP contribution in [-0.2, 0) is 18.9 Å². The van der Waals surface area contributed by atoms with E-state index in [4.69, 9.17) is 18.9 Å². The van der Waals surface area contributed by atoms with Gasteiger partial charge in [-0.25, -0.2) is 0 Å². The van der Waals surface area contributed by atoms with Crippen molar-refractivity contribution < 1.29 is 24.1 Å². The zero-order valence-corrected chi connectivity index (χ0v) is 25.9. The number of aliphatic hydroxyl groups is 1. The van der Waals surface area contributed by atoms with Crippen molar-refractivity contribution in [3.63, 3.8) is 0 Å². The Labute approximate surface area is 245 Å². The molecule has 1 aromatic rings. The number of fused-ring (bicyclic) bond motifs is 5. The van der Waals surface area contributed by atoms with Crippen LogP contribution in [0.2, 0.25) is 0 Å². The van der Waals surface area contributed by atoms with E-state index in [2.05, 4.69) is 50.3 Å². The fourth-order valence-corrected chi connectivity index (χ4v) is 11.2. The van der Waals surface area contributed by atoms with E-state index >= 15 is 0 Å². The van der Waals surface area contributed by atoms with E-state index in [0.717, 1.165) is 64.2 Å². The van der Waals surface area contributed by atoms with Crippen LogP contribution in [0.3, 0.4) is 0 Å². The van der Waals surface area contributed by atoms with Gasteiger partial charge in [0.05, 0.1) is 22.1 Å². The molecule has 1 aromatic carbocycles. The molecule has 0 spiro atoms. The van der Waals surface area contributed by atoms with Crippen molar-refractivity contribution in [1.82, 2.24) is 0 Å². The van der Waals surface area contributed by atoms with Crippen molar-refractivity contribution in [2.24, 2.45) is 22.7 Å². The van der Waals surface area contributed by atoms with Crippen LogP contribution in [0.5, 0.6) is 0 Å². The number of hydrogen-bond donors (Lipinski definition) is 1. The largest absolute Gasteiger partial charge is 0.388 e. The number of hydrogen-bond acceptors (Lipinski definition) is 6. The number of thioether (sulfide) groups is 1. The Kier molecular flexibility index (Phi) is 8.02. The molecule has 0 amide bonds. The first kappa shape index (κ1) is 29.2. The Hall–Kier alpha value is -0.890. The minimum atomic E-state index is -0.770. The van der Waals surface area contributed by atoms with Crippen LogP contribution in [0.15, 0.2) is 46.9 Å². The highest BCUT2D eigenvalue weighted by Gasteiger charge is 2.78. The molecule has 1 N–H and O–H groups in total. The van der Waals surface area contributed by atoms with E-state index in [9.17, 15) is 5.11 Å². The summed E-state index contributed by atoms with van der Waals surface area (Å²) in [6.45, 7) is 11.0. The summed E-state index contributed by atoms with van der Waals surface area (Å²) < 4.78 is 24.4. The van der Waals surface area contributed by atoms with Crippen molar-refractivity contribution in [3.8, 4) is 0 Å². The molecule has 222 valence electrons. The summed E-state index contributed by atoms with van der Waals surface area (Å²) in [5.74, 6) is 0.933. The third kappa shape index (κ3) is 4.38. The van der Waals surface area contributed by atoms with Gasteiger partial charge < -0.3 is 24.1 Å². The van der Waals surface area contributed by atoms with Crippen LogP contribution in [0, 0.1) is 22.7 Å². The highest BCUT2D eigenvalue weighted by atomic mass is 32.2. The van der Waals surface area contributed by atoms with Gasteiger partial charge in [0.25, 0.3) is 0 Å². The lowest BCUT2D eigenvalue weighted by atomic mass is 9.45. The summed E-state index contributed by atoms with van der Waals surface area (Å²) in [5.41, 5.74) is 0.259. The van der Waals surface area contributed by atoms with Gasteiger partial charge in [-0.1, -0.05) is 43.7 Å².